The number of likely N-dealkylation sites (tertiary alicyclic amines) is 1. The van der Waals surface area contributed by atoms with E-state index in [1.807, 2.05) is 4.90 Å². The lowest BCUT2D eigenvalue weighted by molar-refractivity contribution is -0.191. The van der Waals surface area contributed by atoms with Crippen LogP contribution in [0.15, 0.2) is 24.3 Å². The summed E-state index contributed by atoms with van der Waals surface area (Å²) < 4.78 is 11.6. The van der Waals surface area contributed by atoms with Crippen molar-refractivity contribution in [2.24, 2.45) is 5.73 Å². The highest BCUT2D eigenvalue weighted by atomic mass is 16.5. The first-order chi connectivity index (χ1) is 14.2. The maximum atomic E-state index is 12.9. The third kappa shape index (κ3) is 5.30. The fourth-order valence-electron chi connectivity index (χ4n) is 4.12. The number of aliphatic hydroxyl groups is 1. The van der Waals surface area contributed by atoms with Gasteiger partial charge in [-0.25, -0.2) is 0 Å². The lowest BCUT2D eigenvalue weighted by atomic mass is 9.77. The molecular formula is C22H33N3O5. The minimum absolute atomic E-state index is 0.0143. The van der Waals surface area contributed by atoms with Gasteiger partial charge in [-0.15, -0.1) is 0 Å². The van der Waals surface area contributed by atoms with E-state index in [2.05, 4.69) is 5.32 Å². The monoisotopic (exact) mass is 419 g/mol. The zero-order valence-electron chi connectivity index (χ0n) is 17.9. The third-order valence-corrected chi connectivity index (χ3v) is 6.06. The Morgan fingerprint density at radius 3 is 2.57 bits per heavy atom. The fraction of sp³-hybridized carbons (Fsp3) is 0.636. The minimum atomic E-state index is -1.10. The molecule has 0 aromatic heterocycles. The molecule has 2 saturated heterocycles. The fourth-order valence-corrected chi connectivity index (χ4v) is 4.12. The topological polar surface area (TPSA) is 114 Å². The number of piperidine rings is 1. The van der Waals surface area contributed by atoms with E-state index in [-0.39, 0.29) is 24.5 Å². The van der Waals surface area contributed by atoms with E-state index in [9.17, 15) is 14.7 Å². The second-order valence-corrected chi connectivity index (χ2v) is 8.59. The van der Waals surface area contributed by atoms with E-state index >= 15 is 0 Å². The molecule has 0 saturated carbocycles. The number of ether oxygens (including phenoxy) is 2. The molecule has 1 aromatic rings. The van der Waals surface area contributed by atoms with Gasteiger partial charge in [-0.05, 0) is 63.4 Å². The average molecular weight is 420 g/mol. The van der Waals surface area contributed by atoms with Crippen LogP contribution < -0.4 is 15.8 Å². The normalized spacial score (nSPS) is 25.7. The van der Waals surface area contributed by atoms with Gasteiger partial charge in [0.2, 0.25) is 5.91 Å². The lowest BCUT2D eigenvalue weighted by Crippen LogP contribution is -2.63. The van der Waals surface area contributed by atoms with Gasteiger partial charge < -0.3 is 30.5 Å². The molecule has 1 spiro atoms. The lowest BCUT2D eigenvalue weighted by Gasteiger charge is -2.50. The number of nitrogens with two attached hydrogens (primary N) is 1. The molecule has 2 aliphatic heterocycles. The smallest absolute Gasteiger partial charge is 0.253 e. The maximum Gasteiger partial charge on any atom is 0.253 e. The van der Waals surface area contributed by atoms with Gasteiger partial charge in [-0.3, -0.25) is 9.59 Å². The predicted molar refractivity (Wildman–Crippen MR) is 112 cm³/mol. The summed E-state index contributed by atoms with van der Waals surface area (Å²) in [5.74, 6) is 0.546. The van der Waals surface area contributed by atoms with E-state index in [4.69, 9.17) is 15.2 Å². The molecule has 0 bridgehead atoms. The minimum Gasteiger partial charge on any atom is -0.494 e. The number of carbonyl (C=O) groups excluding carboxylic acids is 2. The molecule has 8 nitrogen and oxygen atoms in total. The second-order valence-electron chi connectivity index (χ2n) is 8.59. The van der Waals surface area contributed by atoms with E-state index in [0.29, 0.717) is 51.1 Å². The first-order valence-corrected chi connectivity index (χ1v) is 10.6. The van der Waals surface area contributed by atoms with Gasteiger partial charge in [0.15, 0.2) is 0 Å². The Morgan fingerprint density at radius 1 is 1.30 bits per heavy atom. The number of benzene rings is 1. The van der Waals surface area contributed by atoms with Crippen molar-refractivity contribution < 1.29 is 24.2 Å². The Labute approximate surface area is 177 Å². The van der Waals surface area contributed by atoms with Gasteiger partial charge in [0.25, 0.3) is 5.91 Å². The molecule has 0 aliphatic carbocycles. The van der Waals surface area contributed by atoms with Crippen molar-refractivity contribution in [1.82, 2.24) is 10.2 Å². The molecule has 4 N–H and O–H groups in total. The Kier molecular flexibility index (Phi) is 7.00. The highest BCUT2D eigenvalue weighted by Crippen LogP contribution is 2.38. The van der Waals surface area contributed by atoms with Gasteiger partial charge in [0.05, 0.1) is 24.9 Å². The van der Waals surface area contributed by atoms with E-state index in [1.54, 1.807) is 31.2 Å². The molecule has 0 unspecified atom stereocenters. The van der Waals surface area contributed by atoms with Crippen molar-refractivity contribution in [3.05, 3.63) is 29.8 Å². The first-order valence-electron chi connectivity index (χ1n) is 10.6. The summed E-state index contributed by atoms with van der Waals surface area (Å²) in [6, 6.07) is 6.81. The van der Waals surface area contributed by atoms with Gasteiger partial charge in [0.1, 0.15) is 11.4 Å². The molecule has 30 heavy (non-hydrogen) atoms. The van der Waals surface area contributed by atoms with E-state index in [0.717, 1.165) is 12.2 Å². The van der Waals surface area contributed by atoms with Gasteiger partial charge in [-0.1, -0.05) is 0 Å². The van der Waals surface area contributed by atoms with Crippen molar-refractivity contribution in [1.29, 1.82) is 0 Å². The van der Waals surface area contributed by atoms with Crippen LogP contribution >= 0.6 is 0 Å². The highest BCUT2D eigenvalue weighted by Gasteiger charge is 2.49. The van der Waals surface area contributed by atoms with Crippen molar-refractivity contribution in [3.8, 4) is 5.75 Å². The van der Waals surface area contributed by atoms with Crippen molar-refractivity contribution in [2.45, 2.75) is 56.8 Å². The number of carbonyl (C=O) groups is 2. The van der Waals surface area contributed by atoms with Crippen LogP contribution in [0.1, 0.15) is 49.9 Å². The summed E-state index contributed by atoms with van der Waals surface area (Å²) in [7, 11) is 0. The van der Waals surface area contributed by atoms with Crippen LogP contribution in [0.3, 0.4) is 0 Å². The molecule has 0 radical (unpaired) electrons. The highest BCUT2D eigenvalue weighted by molar-refractivity contribution is 5.94. The van der Waals surface area contributed by atoms with Crippen LogP contribution in [0, 0.1) is 0 Å². The Bertz CT molecular complexity index is 742. The number of nitrogens with zero attached hydrogens (tertiary/aromatic N) is 1. The molecule has 2 amide bonds. The van der Waals surface area contributed by atoms with Crippen LogP contribution in [0.4, 0.5) is 0 Å². The van der Waals surface area contributed by atoms with Crippen LogP contribution in [-0.2, 0) is 9.53 Å². The predicted octanol–water partition coefficient (Wildman–Crippen LogP) is 1.07. The second kappa shape index (κ2) is 9.32. The molecule has 2 atom stereocenters. The Balaban J connectivity index is 1.57. The molecule has 2 fully saturated rings. The zero-order valence-corrected chi connectivity index (χ0v) is 17.9. The number of hydrogen-bond acceptors (Lipinski definition) is 6. The Morgan fingerprint density at radius 2 is 1.97 bits per heavy atom. The van der Waals surface area contributed by atoms with Crippen LogP contribution in [0.5, 0.6) is 5.75 Å². The summed E-state index contributed by atoms with van der Waals surface area (Å²) in [5, 5.41) is 13.4. The number of amides is 2. The Hall–Kier alpha value is -2.16. The van der Waals surface area contributed by atoms with E-state index < -0.39 is 11.2 Å². The third-order valence-electron chi connectivity index (χ3n) is 6.06. The SMILES string of the molecule is CC(=O)N[C@H]1CC2(CCN(C(=O)c3ccc(OCCCN)cc3)CC2)OC[C@]1(C)O. The quantitative estimate of drug-likeness (QED) is 0.594. The van der Waals surface area contributed by atoms with Crippen LogP contribution in [0.2, 0.25) is 0 Å². The number of rotatable bonds is 6. The van der Waals surface area contributed by atoms with Crippen LogP contribution in [0.25, 0.3) is 0 Å². The van der Waals surface area contributed by atoms with Crippen molar-refractivity contribution >= 4 is 11.8 Å². The number of hydrogen-bond donors (Lipinski definition) is 3. The maximum absolute atomic E-state index is 12.9. The summed E-state index contributed by atoms with van der Waals surface area (Å²) in [5.41, 5.74) is 4.57. The molecular weight excluding hydrogens is 386 g/mol. The van der Waals surface area contributed by atoms with E-state index in [1.165, 1.54) is 6.92 Å². The average Bonchev–Trinajstić information content (AvgIpc) is 2.72. The first kappa shape index (κ1) is 22.5. The van der Waals surface area contributed by atoms with Gasteiger partial charge >= 0.3 is 0 Å². The molecule has 2 heterocycles. The van der Waals surface area contributed by atoms with Gasteiger partial charge in [0, 0.05) is 25.6 Å². The zero-order chi connectivity index (χ0) is 21.8. The number of nitrogens with one attached hydrogen (secondary N) is 1. The molecule has 1 aromatic carbocycles. The van der Waals surface area contributed by atoms with Crippen molar-refractivity contribution in [3.63, 3.8) is 0 Å². The summed E-state index contributed by atoms with van der Waals surface area (Å²) >= 11 is 0. The molecule has 3 rings (SSSR count). The molecule has 166 valence electrons. The summed E-state index contributed by atoms with van der Waals surface area (Å²) in [6.45, 7) is 5.59. The van der Waals surface area contributed by atoms with Gasteiger partial charge in [-0.2, -0.15) is 0 Å². The summed E-state index contributed by atoms with van der Waals surface area (Å²) in [6.07, 6.45) is 2.67. The van der Waals surface area contributed by atoms with Crippen LogP contribution in [-0.4, -0.2) is 71.9 Å². The van der Waals surface area contributed by atoms with Crippen molar-refractivity contribution in [2.75, 3.05) is 32.8 Å². The molecule has 2 aliphatic rings. The standard InChI is InChI=1S/C22H33N3O5/c1-16(26)24-19-14-22(30-15-21(19,2)28)8-11-25(12-9-22)20(27)17-4-6-18(7-5-17)29-13-3-10-23/h4-7,19,28H,3,8-15,23H2,1-2H3,(H,24,26)/t19-,21-/m0/s1. The summed E-state index contributed by atoms with van der Waals surface area (Å²) in [4.78, 5) is 26.3. The molecule has 8 heteroatoms. The largest absolute Gasteiger partial charge is 0.494 e.